The molecule has 0 amide bonds. The Bertz CT molecular complexity index is 488. The van der Waals surface area contributed by atoms with Crippen LogP contribution < -0.4 is 0 Å². The van der Waals surface area contributed by atoms with Crippen LogP contribution in [0.25, 0.3) is 0 Å². The zero-order valence-electron chi connectivity index (χ0n) is 16.0. The maximum absolute atomic E-state index is 6.24. The van der Waals surface area contributed by atoms with Crippen molar-refractivity contribution < 1.29 is 30.0 Å². The summed E-state index contributed by atoms with van der Waals surface area (Å²) in [6, 6.07) is 0. The van der Waals surface area contributed by atoms with E-state index in [1.165, 1.54) is 32.7 Å². The van der Waals surface area contributed by atoms with Crippen LogP contribution in [0, 0.1) is 0 Å². The molecule has 0 fully saturated rings. The van der Waals surface area contributed by atoms with Gasteiger partial charge < -0.3 is 30.0 Å². The summed E-state index contributed by atoms with van der Waals surface area (Å²) in [5.41, 5.74) is 6.29. The number of hydrogen-bond acceptors (Lipinski definition) is 7. The molecule has 0 aromatic heterocycles. The minimum absolute atomic E-state index is 1.47. The summed E-state index contributed by atoms with van der Waals surface area (Å²) in [6.45, 7) is 18.8. The molecule has 25 heavy (non-hydrogen) atoms. The van der Waals surface area contributed by atoms with Gasteiger partial charge in [0.2, 0.25) is 0 Å². The van der Waals surface area contributed by atoms with Crippen LogP contribution in [0.5, 0.6) is 0 Å². The Morgan fingerprint density at radius 3 is 1.24 bits per heavy atom. The van der Waals surface area contributed by atoms with Gasteiger partial charge >= 0.3 is 34.7 Å². The van der Waals surface area contributed by atoms with Crippen LogP contribution in [0.4, 0.5) is 0 Å². The zero-order chi connectivity index (χ0) is 19.8. The van der Waals surface area contributed by atoms with Crippen molar-refractivity contribution in [3.05, 3.63) is 49.1 Å². The molecule has 0 saturated heterocycles. The Kier molecular flexibility index (Phi) is 9.85. The van der Waals surface area contributed by atoms with E-state index in [9.17, 15) is 0 Å². The highest BCUT2D eigenvalue weighted by molar-refractivity contribution is 6.91. The largest absolute Gasteiger partial charge is 0.521 e. The zero-order valence-corrected chi connectivity index (χ0v) is 20.0. The molecule has 0 rings (SSSR count). The molecule has 0 saturated carbocycles. The van der Waals surface area contributed by atoms with Gasteiger partial charge in [0.25, 0.3) is 0 Å². The first-order chi connectivity index (χ1) is 11.6. The average Bonchev–Trinajstić information content (AvgIpc) is 2.65. The molecule has 0 heterocycles. The van der Waals surface area contributed by atoms with Crippen molar-refractivity contribution in [2.75, 3.05) is 28.4 Å². The highest BCUT2D eigenvalue weighted by atomic mass is 28.5. The fourth-order valence-corrected chi connectivity index (χ4v) is 14.4. The van der Waals surface area contributed by atoms with Gasteiger partial charge in [-0.3, -0.25) is 0 Å². The van der Waals surface area contributed by atoms with Gasteiger partial charge in [-0.1, -0.05) is 24.6 Å². The van der Waals surface area contributed by atoms with Crippen LogP contribution >= 0.6 is 0 Å². The maximum atomic E-state index is 6.24. The highest BCUT2D eigenvalue weighted by Crippen LogP contribution is 2.27. The Hall–Kier alpha value is -0.452. The van der Waals surface area contributed by atoms with E-state index in [1.54, 1.807) is 18.5 Å². The van der Waals surface area contributed by atoms with Gasteiger partial charge in [-0.25, -0.2) is 0 Å². The third-order valence-electron chi connectivity index (χ3n) is 3.54. The maximum Gasteiger partial charge on any atom is 0.521 e. The lowest BCUT2D eigenvalue weighted by Crippen LogP contribution is -2.62. The summed E-state index contributed by atoms with van der Waals surface area (Å²) in [4.78, 5) is 0. The fraction of sp³-hybridized carbons (Fsp3) is 0.429. The van der Waals surface area contributed by atoms with Crippen molar-refractivity contribution in [2.45, 2.75) is 13.1 Å². The Labute approximate surface area is 155 Å². The Morgan fingerprint density at radius 2 is 0.960 bits per heavy atom. The summed E-state index contributed by atoms with van der Waals surface area (Å²) in [6.07, 6.45) is 0. The van der Waals surface area contributed by atoms with Crippen molar-refractivity contribution in [2.24, 2.45) is 0 Å². The third-order valence-corrected chi connectivity index (χ3v) is 16.8. The van der Waals surface area contributed by atoms with Crippen molar-refractivity contribution in [1.82, 2.24) is 0 Å². The Balaban J connectivity index is 5.78. The lowest BCUT2D eigenvalue weighted by atomic mass is 11.3. The molecule has 144 valence electrons. The van der Waals surface area contributed by atoms with Gasteiger partial charge in [0, 0.05) is 28.4 Å². The molecule has 3 unspecified atom stereocenters. The van der Waals surface area contributed by atoms with Gasteiger partial charge in [-0.15, -0.1) is 13.2 Å². The lowest BCUT2D eigenvalue weighted by molar-refractivity contribution is 0.116. The summed E-state index contributed by atoms with van der Waals surface area (Å²) >= 11 is 0. The van der Waals surface area contributed by atoms with E-state index in [0.29, 0.717) is 0 Å². The van der Waals surface area contributed by atoms with E-state index in [4.69, 9.17) is 30.0 Å². The highest BCUT2D eigenvalue weighted by Gasteiger charge is 2.54. The number of hydrogen-bond donors (Lipinski definition) is 0. The van der Waals surface area contributed by atoms with Gasteiger partial charge in [-0.05, 0) is 24.5 Å². The normalized spacial score (nSPS) is 19.1. The van der Waals surface area contributed by atoms with Crippen molar-refractivity contribution in [3.8, 4) is 0 Å². The minimum Gasteiger partial charge on any atom is -0.409 e. The molecule has 0 radical (unpaired) electrons. The third kappa shape index (κ3) is 6.33. The van der Waals surface area contributed by atoms with Crippen LogP contribution in [-0.4, -0.2) is 63.2 Å². The van der Waals surface area contributed by atoms with Crippen molar-refractivity contribution in [1.29, 1.82) is 0 Å². The predicted molar refractivity (Wildman–Crippen MR) is 107 cm³/mol. The predicted octanol–water partition coefficient (Wildman–Crippen LogP) is 2.54. The van der Waals surface area contributed by atoms with Crippen LogP contribution in [-0.2, 0) is 30.0 Å². The van der Waals surface area contributed by atoms with E-state index < -0.39 is 34.7 Å². The second-order valence-electron chi connectivity index (χ2n) is 5.18. The molecular formula is C14H30O7Si4. The minimum atomic E-state index is -3.42. The molecule has 11 heteroatoms. The molecule has 0 bridgehead atoms. The van der Waals surface area contributed by atoms with E-state index in [2.05, 4.69) is 26.3 Å². The molecule has 0 aliphatic carbocycles. The molecular weight excluding hydrogens is 392 g/mol. The first kappa shape index (κ1) is 24.5. The topological polar surface area (TPSA) is 64.6 Å². The summed E-state index contributed by atoms with van der Waals surface area (Å²) in [5, 5.41) is 0. The summed E-state index contributed by atoms with van der Waals surface area (Å²) in [7, 11) is -6.21. The van der Waals surface area contributed by atoms with E-state index >= 15 is 0 Å². The molecule has 0 spiro atoms. The fourth-order valence-electron chi connectivity index (χ4n) is 1.80. The van der Waals surface area contributed by atoms with Crippen LogP contribution in [0.2, 0.25) is 13.1 Å². The SMILES string of the molecule is C=C[Si](C)(OC)O[Si](C)(C=C)O[Si](C=C)(OC)O[Si](C=C)(OC)OC. The monoisotopic (exact) mass is 422 g/mol. The van der Waals surface area contributed by atoms with Crippen LogP contribution in [0.15, 0.2) is 49.1 Å². The van der Waals surface area contributed by atoms with Crippen molar-refractivity contribution in [3.63, 3.8) is 0 Å². The van der Waals surface area contributed by atoms with Gasteiger partial charge in [0.1, 0.15) is 0 Å². The average molecular weight is 423 g/mol. The molecule has 0 aliphatic rings. The molecule has 0 N–H and O–H groups in total. The smallest absolute Gasteiger partial charge is 0.409 e. The molecule has 0 aromatic carbocycles. The van der Waals surface area contributed by atoms with E-state index in [0.717, 1.165) is 0 Å². The van der Waals surface area contributed by atoms with E-state index in [-0.39, 0.29) is 0 Å². The molecule has 0 aromatic rings. The van der Waals surface area contributed by atoms with Crippen molar-refractivity contribution >= 4 is 34.7 Å². The standard InChI is InChI=1S/C14H30O7Si4/c1-11-22(9,15-5)19-23(10,12-2)20-25(14-4,18-8)21-24(13-3,16-6)17-7/h11-14H,1-4H2,5-10H3. The van der Waals surface area contributed by atoms with E-state index in [1.807, 2.05) is 13.1 Å². The summed E-state index contributed by atoms with van der Waals surface area (Å²) < 4.78 is 40.4. The van der Waals surface area contributed by atoms with Gasteiger partial charge in [0.05, 0.1) is 0 Å². The lowest BCUT2D eigenvalue weighted by Gasteiger charge is -2.39. The Morgan fingerprint density at radius 1 is 0.520 bits per heavy atom. The first-order valence-corrected chi connectivity index (χ1v) is 15.9. The van der Waals surface area contributed by atoms with Crippen LogP contribution in [0.3, 0.4) is 0 Å². The second-order valence-corrected chi connectivity index (χ2v) is 17.4. The van der Waals surface area contributed by atoms with Gasteiger partial charge in [0.15, 0.2) is 0 Å². The number of rotatable bonds is 14. The van der Waals surface area contributed by atoms with Gasteiger partial charge in [-0.2, -0.15) is 0 Å². The molecule has 7 nitrogen and oxygen atoms in total. The molecule has 3 atom stereocenters. The van der Waals surface area contributed by atoms with Crippen LogP contribution in [0.1, 0.15) is 0 Å². The molecule has 0 aliphatic heterocycles. The summed E-state index contributed by atoms with van der Waals surface area (Å²) in [5.74, 6) is 0. The first-order valence-electron chi connectivity index (χ1n) is 7.46. The quantitative estimate of drug-likeness (QED) is 0.399. The second kappa shape index (κ2) is 10.0.